The van der Waals surface area contributed by atoms with Gasteiger partial charge in [-0.1, -0.05) is 12.1 Å². The number of sulfonamides is 1. The maximum absolute atomic E-state index is 12.7. The topological polar surface area (TPSA) is 107 Å². The van der Waals surface area contributed by atoms with Gasteiger partial charge >= 0.3 is 0 Å². The molecule has 0 atom stereocenters. The molecule has 0 bridgehead atoms. The number of rotatable bonds is 10. The first-order chi connectivity index (χ1) is 14.3. The van der Waals surface area contributed by atoms with Crippen LogP contribution < -0.4 is 19.6 Å². The molecule has 2 rings (SSSR count). The summed E-state index contributed by atoms with van der Waals surface area (Å²) in [5.74, 6) is 0.713. The Bertz CT molecular complexity index is 1010. The monoisotopic (exact) mass is 435 g/mol. The first-order valence-corrected chi connectivity index (χ1v) is 10.5. The molecule has 9 nitrogen and oxygen atoms in total. The van der Waals surface area contributed by atoms with Crippen LogP contribution in [0.3, 0.4) is 0 Å². The molecule has 0 aliphatic heterocycles. The van der Waals surface area contributed by atoms with Gasteiger partial charge in [0.1, 0.15) is 5.75 Å². The number of amides is 1. The van der Waals surface area contributed by atoms with Gasteiger partial charge in [0.2, 0.25) is 10.0 Å². The highest BCUT2D eigenvalue weighted by Gasteiger charge is 2.24. The van der Waals surface area contributed by atoms with E-state index in [2.05, 4.69) is 10.5 Å². The summed E-state index contributed by atoms with van der Waals surface area (Å²) < 4.78 is 42.1. The summed E-state index contributed by atoms with van der Waals surface area (Å²) in [6.45, 7) is 1.95. The van der Waals surface area contributed by atoms with Crippen LogP contribution in [-0.4, -0.2) is 59.3 Å². The maximum atomic E-state index is 12.7. The highest BCUT2D eigenvalue weighted by molar-refractivity contribution is 7.89. The third-order valence-electron chi connectivity index (χ3n) is 4.04. The Kier molecular flexibility index (Phi) is 8.19. The second kappa shape index (κ2) is 10.6. The Balaban J connectivity index is 2.04. The van der Waals surface area contributed by atoms with Crippen LogP contribution in [0.1, 0.15) is 12.5 Å². The lowest BCUT2D eigenvalue weighted by molar-refractivity contribution is -0.121. The molecule has 162 valence electrons. The fourth-order valence-electron chi connectivity index (χ4n) is 2.53. The number of para-hydroxylation sites is 1. The standard InChI is InChI=1S/C20H25N3O6S/c1-5-29-17-9-7-6-8-15(17)13-21-22-20(24)14-23(2)30(25,26)16-10-11-18(27-3)19(12-16)28-4/h6-13H,5,14H2,1-4H3,(H,22,24)/b21-13-. The van der Waals surface area contributed by atoms with Gasteiger partial charge in [-0.2, -0.15) is 9.41 Å². The maximum Gasteiger partial charge on any atom is 0.255 e. The first-order valence-electron chi connectivity index (χ1n) is 9.05. The number of ether oxygens (including phenoxy) is 3. The number of nitrogens with zero attached hydrogens (tertiary/aromatic N) is 2. The number of likely N-dealkylation sites (N-methyl/N-ethyl adjacent to an activating group) is 1. The van der Waals surface area contributed by atoms with Crippen molar-refractivity contribution < 1.29 is 27.4 Å². The predicted molar refractivity (Wildman–Crippen MR) is 113 cm³/mol. The molecule has 0 heterocycles. The van der Waals surface area contributed by atoms with Gasteiger partial charge in [0, 0.05) is 18.7 Å². The summed E-state index contributed by atoms with van der Waals surface area (Å²) in [6.07, 6.45) is 1.44. The highest BCUT2D eigenvalue weighted by atomic mass is 32.2. The molecular formula is C20H25N3O6S. The summed E-state index contributed by atoms with van der Waals surface area (Å²) in [5, 5.41) is 3.88. The lowest BCUT2D eigenvalue weighted by Gasteiger charge is -2.17. The Hall–Kier alpha value is -3.11. The fraction of sp³-hybridized carbons (Fsp3) is 0.300. The molecule has 10 heteroatoms. The lowest BCUT2D eigenvalue weighted by Crippen LogP contribution is -2.36. The van der Waals surface area contributed by atoms with Gasteiger partial charge in [0.15, 0.2) is 11.5 Å². The van der Waals surface area contributed by atoms with Crippen LogP contribution in [0.2, 0.25) is 0 Å². The van der Waals surface area contributed by atoms with Gasteiger partial charge in [0.05, 0.1) is 38.5 Å². The number of benzene rings is 2. The summed E-state index contributed by atoms with van der Waals surface area (Å²) in [5.41, 5.74) is 3.01. The molecule has 1 N–H and O–H groups in total. The van der Waals surface area contributed by atoms with Gasteiger partial charge in [-0.25, -0.2) is 13.8 Å². The van der Waals surface area contributed by atoms with Crippen molar-refractivity contribution >= 4 is 22.1 Å². The van der Waals surface area contributed by atoms with E-state index in [0.29, 0.717) is 23.7 Å². The number of nitrogens with one attached hydrogen (secondary N) is 1. The number of methoxy groups -OCH3 is 2. The van der Waals surface area contributed by atoms with Gasteiger partial charge in [0.25, 0.3) is 5.91 Å². The average Bonchev–Trinajstić information content (AvgIpc) is 2.74. The smallest absolute Gasteiger partial charge is 0.255 e. The summed E-state index contributed by atoms with van der Waals surface area (Å²) in [4.78, 5) is 12.1. The number of hydrazone groups is 1. The molecule has 2 aromatic carbocycles. The third-order valence-corrected chi connectivity index (χ3v) is 5.84. The number of carbonyl (C=O) groups excluding carboxylic acids is 1. The van der Waals surface area contributed by atoms with Crippen LogP contribution in [0.25, 0.3) is 0 Å². The third kappa shape index (κ3) is 5.71. The van der Waals surface area contributed by atoms with Crippen molar-refractivity contribution in [1.29, 1.82) is 0 Å². The van der Waals surface area contributed by atoms with Gasteiger partial charge in [-0.15, -0.1) is 0 Å². The van der Waals surface area contributed by atoms with E-state index in [9.17, 15) is 13.2 Å². The second-order valence-electron chi connectivity index (χ2n) is 6.04. The number of hydrogen-bond acceptors (Lipinski definition) is 7. The first kappa shape index (κ1) is 23.2. The van der Waals surface area contributed by atoms with E-state index in [1.54, 1.807) is 12.1 Å². The van der Waals surface area contributed by atoms with Crippen LogP contribution in [0.5, 0.6) is 17.2 Å². The minimum absolute atomic E-state index is 0.0235. The van der Waals surface area contributed by atoms with Crippen LogP contribution in [0.15, 0.2) is 52.5 Å². The van der Waals surface area contributed by atoms with E-state index < -0.39 is 22.5 Å². The molecular weight excluding hydrogens is 410 g/mol. The predicted octanol–water partition coefficient (Wildman–Crippen LogP) is 1.87. The van der Waals surface area contributed by atoms with Crippen molar-refractivity contribution in [2.45, 2.75) is 11.8 Å². The normalized spacial score (nSPS) is 11.5. The molecule has 1 amide bonds. The quantitative estimate of drug-likeness (QED) is 0.451. The minimum atomic E-state index is -3.92. The zero-order valence-electron chi connectivity index (χ0n) is 17.3. The molecule has 0 spiro atoms. The van der Waals surface area contributed by atoms with Crippen molar-refractivity contribution in [2.24, 2.45) is 5.10 Å². The Morgan fingerprint density at radius 1 is 1.10 bits per heavy atom. The Morgan fingerprint density at radius 3 is 2.47 bits per heavy atom. The minimum Gasteiger partial charge on any atom is -0.493 e. The van der Waals surface area contributed by atoms with Gasteiger partial charge < -0.3 is 14.2 Å². The summed E-state index contributed by atoms with van der Waals surface area (Å²) >= 11 is 0. The molecule has 30 heavy (non-hydrogen) atoms. The van der Waals surface area contributed by atoms with Crippen LogP contribution in [-0.2, 0) is 14.8 Å². The molecule has 2 aromatic rings. The number of carbonyl (C=O) groups is 1. The van der Waals surface area contributed by atoms with Crippen LogP contribution >= 0.6 is 0 Å². The zero-order chi connectivity index (χ0) is 22.1. The number of hydrogen-bond donors (Lipinski definition) is 1. The molecule has 0 aromatic heterocycles. The fourth-order valence-corrected chi connectivity index (χ4v) is 3.67. The molecule has 0 unspecified atom stereocenters. The summed E-state index contributed by atoms with van der Waals surface area (Å²) in [6, 6.07) is 11.4. The largest absolute Gasteiger partial charge is 0.493 e. The van der Waals surface area contributed by atoms with E-state index in [-0.39, 0.29) is 10.6 Å². The van der Waals surface area contributed by atoms with Crippen LogP contribution in [0.4, 0.5) is 0 Å². The second-order valence-corrected chi connectivity index (χ2v) is 8.09. The van der Waals surface area contributed by atoms with E-state index >= 15 is 0 Å². The van der Waals surface area contributed by atoms with E-state index in [1.165, 1.54) is 45.7 Å². The van der Waals surface area contributed by atoms with Gasteiger partial charge in [-0.3, -0.25) is 4.79 Å². The lowest BCUT2D eigenvalue weighted by atomic mass is 10.2. The van der Waals surface area contributed by atoms with Crippen molar-refractivity contribution in [3.8, 4) is 17.2 Å². The van der Waals surface area contributed by atoms with Crippen molar-refractivity contribution in [3.05, 3.63) is 48.0 Å². The van der Waals surface area contributed by atoms with Crippen molar-refractivity contribution in [3.63, 3.8) is 0 Å². The zero-order valence-corrected chi connectivity index (χ0v) is 18.1. The Labute approximate surface area is 176 Å². The SMILES string of the molecule is CCOc1ccccc1/C=N\NC(=O)CN(C)S(=O)(=O)c1ccc(OC)c(OC)c1. The summed E-state index contributed by atoms with van der Waals surface area (Å²) in [7, 11) is 0.251. The molecule has 0 saturated heterocycles. The van der Waals surface area contributed by atoms with E-state index in [4.69, 9.17) is 14.2 Å². The molecule has 0 saturated carbocycles. The molecule has 0 fully saturated rings. The Morgan fingerprint density at radius 2 is 1.80 bits per heavy atom. The van der Waals surface area contributed by atoms with E-state index in [0.717, 1.165) is 4.31 Å². The van der Waals surface area contributed by atoms with Crippen molar-refractivity contribution in [1.82, 2.24) is 9.73 Å². The van der Waals surface area contributed by atoms with E-state index in [1.807, 2.05) is 19.1 Å². The van der Waals surface area contributed by atoms with Crippen LogP contribution in [0, 0.1) is 0 Å². The van der Waals surface area contributed by atoms with Gasteiger partial charge in [-0.05, 0) is 31.2 Å². The average molecular weight is 436 g/mol. The van der Waals surface area contributed by atoms with Crippen molar-refractivity contribution in [2.75, 3.05) is 34.4 Å². The highest BCUT2D eigenvalue weighted by Crippen LogP contribution is 2.30. The molecule has 0 radical (unpaired) electrons. The molecule has 0 aliphatic rings. The molecule has 0 aliphatic carbocycles.